The molecule has 3 aromatic rings. The fraction of sp³-hybridized carbons (Fsp3) is 0.294. The molecule has 5 nitrogen and oxygen atoms in total. The second kappa shape index (κ2) is 5.67. The average Bonchev–Trinajstić information content (AvgIpc) is 2.85. The molecule has 0 aliphatic heterocycles. The van der Waals surface area contributed by atoms with Gasteiger partial charge in [0.25, 0.3) is 0 Å². The summed E-state index contributed by atoms with van der Waals surface area (Å²) in [5.41, 5.74) is 4.11. The van der Waals surface area contributed by atoms with Gasteiger partial charge in [-0.2, -0.15) is 0 Å². The number of imidazole rings is 1. The van der Waals surface area contributed by atoms with Gasteiger partial charge in [0.1, 0.15) is 11.6 Å². The molecule has 0 unspecified atom stereocenters. The summed E-state index contributed by atoms with van der Waals surface area (Å²) in [6.45, 7) is 6.16. The molecule has 0 fully saturated rings. The van der Waals surface area contributed by atoms with Crippen LogP contribution >= 0.6 is 0 Å². The maximum atomic E-state index is 5.20. The molecule has 0 aliphatic rings. The second-order valence-corrected chi connectivity index (χ2v) is 5.29. The van der Waals surface area contributed by atoms with Gasteiger partial charge in [-0.3, -0.25) is 4.40 Å². The first-order chi connectivity index (χ1) is 10.6. The predicted octanol–water partition coefficient (Wildman–Crippen LogP) is 3.66. The molecule has 114 valence electrons. The lowest BCUT2D eigenvalue weighted by atomic mass is 10.2. The van der Waals surface area contributed by atoms with Crippen LogP contribution in [0.25, 0.3) is 5.78 Å². The number of aryl methyl sites for hydroxylation is 3. The molecule has 3 rings (SSSR count). The van der Waals surface area contributed by atoms with E-state index < -0.39 is 0 Å². The minimum Gasteiger partial charge on any atom is -0.497 e. The third-order valence-electron chi connectivity index (χ3n) is 3.67. The van der Waals surface area contributed by atoms with Crippen LogP contribution in [-0.2, 0) is 6.42 Å². The first-order valence-corrected chi connectivity index (χ1v) is 7.39. The lowest BCUT2D eigenvalue weighted by molar-refractivity contribution is 0.415. The zero-order valence-corrected chi connectivity index (χ0v) is 13.3. The van der Waals surface area contributed by atoms with Crippen molar-refractivity contribution in [1.82, 2.24) is 14.4 Å². The van der Waals surface area contributed by atoms with Crippen LogP contribution in [0.3, 0.4) is 0 Å². The SMILES string of the molecule is CCc1nc2nc(C)cc(C)n2c1Nc1ccc(OC)cc1. The van der Waals surface area contributed by atoms with Crippen LogP contribution in [-0.4, -0.2) is 21.5 Å². The first-order valence-electron chi connectivity index (χ1n) is 7.39. The highest BCUT2D eigenvalue weighted by Crippen LogP contribution is 2.25. The van der Waals surface area contributed by atoms with Crippen molar-refractivity contribution < 1.29 is 4.74 Å². The van der Waals surface area contributed by atoms with Gasteiger partial charge in [-0.05, 0) is 50.6 Å². The standard InChI is InChI=1S/C17H20N4O/c1-5-15-16(19-13-6-8-14(22-4)9-7-13)21-12(3)10-11(2)18-17(21)20-15/h6-10,19H,5H2,1-4H3. The minimum absolute atomic E-state index is 0.741. The van der Waals surface area contributed by atoms with Gasteiger partial charge in [-0.15, -0.1) is 0 Å². The van der Waals surface area contributed by atoms with E-state index in [4.69, 9.17) is 4.74 Å². The summed E-state index contributed by atoms with van der Waals surface area (Å²) < 4.78 is 7.26. The number of hydrogen-bond acceptors (Lipinski definition) is 4. The van der Waals surface area contributed by atoms with Crippen molar-refractivity contribution in [2.75, 3.05) is 12.4 Å². The zero-order valence-electron chi connectivity index (χ0n) is 13.3. The van der Waals surface area contributed by atoms with Gasteiger partial charge in [0.2, 0.25) is 5.78 Å². The Balaban J connectivity index is 2.08. The maximum absolute atomic E-state index is 5.20. The van der Waals surface area contributed by atoms with Crippen LogP contribution in [0.1, 0.15) is 24.0 Å². The van der Waals surface area contributed by atoms with Crippen LogP contribution in [0.5, 0.6) is 5.75 Å². The van der Waals surface area contributed by atoms with Gasteiger partial charge >= 0.3 is 0 Å². The third kappa shape index (κ3) is 2.50. The molecule has 0 atom stereocenters. The van der Waals surface area contributed by atoms with Crippen molar-refractivity contribution in [3.05, 3.63) is 47.4 Å². The van der Waals surface area contributed by atoms with Gasteiger partial charge in [-0.25, -0.2) is 9.97 Å². The van der Waals surface area contributed by atoms with E-state index >= 15 is 0 Å². The molecule has 0 aliphatic carbocycles. The highest BCUT2D eigenvalue weighted by atomic mass is 16.5. The summed E-state index contributed by atoms with van der Waals surface area (Å²) in [4.78, 5) is 9.17. The number of ether oxygens (including phenoxy) is 1. The Bertz CT molecular complexity index is 806. The topological polar surface area (TPSA) is 51.5 Å². The molecule has 1 aromatic carbocycles. The Morgan fingerprint density at radius 2 is 1.86 bits per heavy atom. The normalized spacial score (nSPS) is 10.9. The van der Waals surface area contributed by atoms with Crippen LogP contribution < -0.4 is 10.1 Å². The quantitative estimate of drug-likeness (QED) is 0.798. The summed E-state index contributed by atoms with van der Waals surface area (Å²) in [5.74, 6) is 2.56. The van der Waals surface area contributed by atoms with Gasteiger partial charge < -0.3 is 10.1 Å². The zero-order chi connectivity index (χ0) is 15.7. The number of aromatic nitrogens is 3. The number of hydrogen-bond donors (Lipinski definition) is 1. The van der Waals surface area contributed by atoms with E-state index in [1.165, 1.54) is 0 Å². The molecular weight excluding hydrogens is 276 g/mol. The molecule has 0 spiro atoms. The summed E-state index contributed by atoms with van der Waals surface area (Å²) in [5, 5.41) is 3.46. The van der Waals surface area contributed by atoms with Crippen molar-refractivity contribution in [3.8, 4) is 5.75 Å². The Hall–Kier alpha value is -2.56. The Morgan fingerprint density at radius 3 is 2.50 bits per heavy atom. The maximum Gasteiger partial charge on any atom is 0.236 e. The Labute approximate surface area is 130 Å². The fourth-order valence-corrected chi connectivity index (χ4v) is 2.60. The van der Waals surface area contributed by atoms with Gasteiger partial charge in [0.05, 0.1) is 12.8 Å². The van der Waals surface area contributed by atoms with Gasteiger partial charge in [0.15, 0.2) is 0 Å². The molecule has 0 bridgehead atoms. The van der Waals surface area contributed by atoms with Crippen LogP contribution in [0, 0.1) is 13.8 Å². The molecule has 0 saturated heterocycles. The molecule has 0 amide bonds. The number of methoxy groups -OCH3 is 1. The smallest absolute Gasteiger partial charge is 0.236 e. The van der Waals surface area contributed by atoms with E-state index in [-0.39, 0.29) is 0 Å². The molecule has 0 radical (unpaired) electrons. The first kappa shape index (κ1) is 14.4. The number of rotatable bonds is 4. The second-order valence-electron chi connectivity index (χ2n) is 5.29. The van der Waals surface area contributed by atoms with E-state index in [1.807, 2.05) is 31.2 Å². The number of benzene rings is 1. The van der Waals surface area contributed by atoms with Crippen molar-refractivity contribution in [1.29, 1.82) is 0 Å². The van der Waals surface area contributed by atoms with E-state index in [0.29, 0.717) is 0 Å². The number of anilines is 2. The lowest BCUT2D eigenvalue weighted by Crippen LogP contribution is -2.02. The summed E-state index contributed by atoms with van der Waals surface area (Å²) in [6.07, 6.45) is 0.848. The summed E-state index contributed by atoms with van der Waals surface area (Å²) >= 11 is 0. The highest BCUT2D eigenvalue weighted by Gasteiger charge is 2.14. The number of fused-ring (bicyclic) bond motifs is 1. The van der Waals surface area contributed by atoms with E-state index in [1.54, 1.807) is 7.11 Å². The number of nitrogens with one attached hydrogen (secondary N) is 1. The molecule has 1 N–H and O–H groups in total. The lowest BCUT2D eigenvalue weighted by Gasteiger charge is -2.10. The highest BCUT2D eigenvalue weighted by molar-refractivity contribution is 5.63. The molecule has 22 heavy (non-hydrogen) atoms. The minimum atomic E-state index is 0.741. The molecular formula is C17H20N4O. The molecule has 0 saturated carbocycles. The predicted molar refractivity (Wildman–Crippen MR) is 88.1 cm³/mol. The van der Waals surface area contributed by atoms with Crippen LogP contribution in [0.2, 0.25) is 0 Å². The third-order valence-corrected chi connectivity index (χ3v) is 3.67. The van der Waals surface area contributed by atoms with Crippen molar-refractivity contribution in [3.63, 3.8) is 0 Å². The van der Waals surface area contributed by atoms with E-state index in [0.717, 1.165) is 46.5 Å². The van der Waals surface area contributed by atoms with Gasteiger partial charge in [-0.1, -0.05) is 6.92 Å². The van der Waals surface area contributed by atoms with Crippen LogP contribution in [0.4, 0.5) is 11.5 Å². The number of nitrogens with zero attached hydrogens (tertiary/aromatic N) is 3. The van der Waals surface area contributed by atoms with Crippen molar-refractivity contribution in [2.45, 2.75) is 27.2 Å². The molecule has 2 heterocycles. The van der Waals surface area contributed by atoms with Crippen LogP contribution in [0.15, 0.2) is 30.3 Å². The molecule has 5 heteroatoms. The monoisotopic (exact) mass is 296 g/mol. The average molecular weight is 296 g/mol. The molecule has 2 aromatic heterocycles. The van der Waals surface area contributed by atoms with Crippen molar-refractivity contribution in [2.24, 2.45) is 0 Å². The largest absolute Gasteiger partial charge is 0.497 e. The van der Waals surface area contributed by atoms with E-state index in [2.05, 4.69) is 39.6 Å². The van der Waals surface area contributed by atoms with Crippen molar-refractivity contribution >= 4 is 17.3 Å². The fourth-order valence-electron chi connectivity index (χ4n) is 2.60. The Morgan fingerprint density at radius 1 is 1.14 bits per heavy atom. The summed E-state index contributed by atoms with van der Waals surface area (Å²) in [6, 6.07) is 9.93. The van der Waals surface area contributed by atoms with Gasteiger partial charge in [0, 0.05) is 17.1 Å². The summed E-state index contributed by atoms with van der Waals surface area (Å²) in [7, 11) is 1.67. The van der Waals surface area contributed by atoms with E-state index in [9.17, 15) is 0 Å². The Kier molecular flexibility index (Phi) is 3.71.